The normalized spacial score (nSPS) is 12.1. The van der Waals surface area contributed by atoms with Crippen LogP contribution >= 0.6 is 22.6 Å². The second-order valence-corrected chi connectivity index (χ2v) is 5.79. The number of aliphatic hydroxyl groups is 1. The number of halogens is 2. The Bertz CT molecular complexity index is 658. The van der Waals surface area contributed by atoms with Crippen molar-refractivity contribution >= 4 is 22.6 Å². The van der Waals surface area contributed by atoms with Crippen molar-refractivity contribution in [1.82, 2.24) is 0 Å². The van der Waals surface area contributed by atoms with Gasteiger partial charge in [-0.1, -0.05) is 6.07 Å². The second kappa shape index (κ2) is 6.62. The minimum Gasteiger partial charge on any atom is -0.493 e. The second-order valence-electron chi connectivity index (χ2n) is 4.63. The molecule has 1 atom stereocenters. The average molecular weight is 402 g/mol. The van der Waals surface area contributed by atoms with E-state index in [4.69, 9.17) is 9.47 Å². The van der Waals surface area contributed by atoms with Crippen LogP contribution in [0.3, 0.4) is 0 Å². The van der Waals surface area contributed by atoms with Crippen LogP contribution in [0.2, 0.25) is 0 Å². The van der Waals surface area contributed by atoms with E-state index in [1.807, 2.05) is 35.6 Å². The minimum absolute atomic E-state index is 0.320. The number of rotatable bonds is 4. The van der Waals surface area contributed by atoms with Gasteiger partial charge in [-0.15, -0.1) is 0 Å². The van der Waals surface area contributed by atoms with Crippen LogP contribution in [0.25, 0.3) is 0 Å². The molecule has 5 heteroatoms. The van der Waals surface area contributed by atoms with E-state index >= 15 is 0 Å². The molecule has 0 spiro atoms. The van der Waals surface area contributed by atoms with Crippen molar-refractivity contribution in [3.63, 3.8) is 0 Å². The average Bonchev–Trinajstić information content (AvgIpc) is 2.46. The van der Waals surface area contributed by atoms with Gasteiger partial charge < -0.3 is 14.6 Å². The van der Waals surface area contributed by atoms with E-state index in [0.29, 0.717) is 26.2 Å². The van der Waals surface area contributed by atoms with Crippen LogP contribution in [-0.4, -0.2) is 19.3 Å². The third-order valence-corrected chi connectivity index (χ3v) is 4.26. The van der Waals surface area contributed by atoms with E-state index in [9.17, 15) is 9.50 Å². The molecule has 0 fully saturated rings. The lowest BCUT2D eigenvalue weighted by atomic mass is 9.97. The predicted octanol–water partition coefficient (Wildman–Crippen LogP) is 3.84. The van der Waals surface area contributed by atoms with E-state index in [1.54, 1.807) is 26.4 Å². The van der Waals surface area contributed by atoms with Crippen LogP contribution in [0.5, 0.6) is 11.5 Å². The molecule has 2 aromatic rings. The van der Waals surface area contributed by atoms with Crippen LogP contribution in [0, 0.1) is 16.3 Å². The van der Waals surface area contributed by atoms with Gasteiger partial charge in [0, 0.05) is 3.57 Å². The van der Waals surface area contributed by atoms with Crippen LogP contribution in [0.15, 0.2) is 30.3 Å². The van der Waals surface area contributed by atoms with Gasteiger partial charge in [-0.05, 0) is 70.5 Å². The summed E-state index contributed by atoms with van der Waals surface area (Å²) in [6.07, 6.45) is -0.850. The standard InChI is InChI=1S/C16H16FIO3/c1-9-6-14(20-2)15(21-3)8-12(9)16(19)11-5-4-10(17)7-13(11)18/h4-8,16,19H,1-3H3. The summed E-state index contributed by atoms with van der Waals surface area (Å²) in [4.78, 5) is 0. The fraction of sp³-hybridized carbons (Fsp3) is 0.250. The number of aryl methyl sites for hydroxylation is 1. The Morgan fingerprint density at radius 1 is 1.05 bits per heavy atom. The third-order valence-electron chi connectivity index (χ3n) is 3.32. The van der Waals surface area contributed by atoms with E-state index in [0.717, 1.165) is 5.56 Å². The summed E-state index contributed by atoms with van der Waals surface area (Å²) in [5.74, 6) is 0.841. The first-order valence-corrected chi connectivity index (χ1v) is 7.41. The van der Waals surface area contributed by atoms with E-state index < -0.39 is 6.10 Å². The number of methoxy groups -OCH3 is 2. The SMILES string of the molecule is COc1cc(C)c(C(O)c2ccc(F)cc2I)cc1OC. The summed E-state index contributed by atoms with van der Waals surface area (Å²) in [6.45, 7) is 1.89. The quantitative estimate of drug-likeness (QED) is 0.791. The summed E-state index contributed by atoms with van der Waals surface area (Å²) in [5.41, 5.74) is 2.24. The topological polar surface area (TPSA) is 38.7 Å². The molecule has 0 aliphatic heterocycles. The van der Waals surface area contributed by atoms with Crippen molar-refractivity contribution in [2.45, 2.75) is 13.0 Å². The number of hydrogen-bond acceptors (Lipinski definition) is 3. The first-order valence-electron chi connectivity index (χ1n) is 6.33. The van der Waals surface area contributed by atoms with Crippen LogP contribution < -0.4 is 9.47 Å². The molecule has 2 rings (SSSR count). The largest absolute Gasteiger partial charge is 0.493 e. The monoisotopic (exact) mass is 402 g/mol. The maximum absolute atomic E-state index is 13.2. The fourth-order valence-electron chi connectivity index (χ4n) is 2.18. The zero-order chi connectivity index (χ0) is 15.6. The molecular formula is C16H16FIO3. The lowest BCUT2D eigenvalue weighted by molar-refractivity contribution is 0.217. The molecule has 0 saturated carbocycles. The lowest BCUT2D eigenvalue weighted by Crippen LogP contribution is -2.05. The van der Waals surface area contributed by atoms with Crippen molar-refractivity contribution < 1.29 is 19.0 Å². The van der Waals surface area contributed by atoms with Crippen LogP contribution in [0.1, 0.15) is 22.8 Å². The van der Waals surface area contributed by atoms with Gasteiger partial charge in [0.05, 0.1) is 14.2 Å². The number of ether oxygens (including phenoxy) is 2. The van der Waals surface area contributed by atoms with E-state index in [-0.39, 0.29) is 5.82 Å². The Kier molecular flexibility index (Phi) is 5.05. The van der Waals surface area contributed by atoms with Crippen molar-refractivity contribution in [3.8, 4) is 11.5 Å². The Balaban J connectivity index is 2.50. The number of aliphatic hydroxyl groups excluding tert-OH is 1. The highest BCUT2D eigenvalue weighted by atomic mass is 127. The molecule has 0 bridgehead atoms. The molecule has 112 valence electrons. The molecule has 0 amide bonds. The fourth-order valence-corrected chi connectivity index (χ4v) is 2.95. The Morgan fingerprint density at radius 2 is 1.67 bits per heavy atom. The van der Waals surface area contributed by atoms with Gasteiger partial charge in [-0.25, -0.2) is 4.39 Å². The molecule has 0 aliphatic carbocycles. The molecule has 0 heterocycles. The van der Waals surface area contributed by atoms with Gasteiger partial charge in [0.2, 0.25) is 0 Å². The van der Waals surface area contributed by atoms with Crippen molar-refractivity contribution in [3.05, 3.63) is 56.4 Å². The zero-order valence-electron chi connectivity index (χ0n) is 12.0. The first-order chi connectivity index (χ1) is 9.97. The molecule has 21 heavy (non-hydrogen) atoms. The van der Waals surface area contributed by atoms with Crippen molar-refractivity contribution in [1.29, 1.82) is 0 Å². The molecule has 2 aromatic carbocycles. The number of hydrogen-bond donors (Lipinski definition) is 1. The first kappa shape index (κ1) is 16.0. The summed E-state index contributed by atoms with van der Waals surface area (Å²) >= 11 is 2.02. The van der Waals surface area contributed by atoms with E-state index in [1.165, 1.54) is 12.1 Å². The summed E-state index contributed by atoms with van der Waals surface area (Å²) in [7, 11) is 3.11. The van der Waals surface area contributed by atoms with E-state index in [2.05, 4.69) is 0 Å². The summed E-state index contributed by atoms with van der Waals surface area (Å²) < 4.78 is 24.4. The molecular weight excluding hydrogens is 386 g/mol. The Hall–Kier alpha value is -1.34. The van der Waals surface area contributed by atoms with Crippen molar-refractivity contribution in [2.75, 3.05) is 14.2 Å². The Labute approximate surface area is 136 Å². The molecule has 0 saturated heterocycles. The van der Waals surface area contributed by atoms with Crippen LogP contribution in [-0.2, 0) is 0 Å². The van der Waals surface area contributed by atoms with Gasteiger partial charge in [0.15, 0.2) is 11.5 Å². The third kappa shape index (κ3) is 3.29. The van der Waals surface area contributed by atoms with Gasteiger partial charge in [0.1, 0.15) is 11.9 Å². The smallest absolute Gasteiger partial charge is 0.161 e. The minimum atomic E-state index is -0.850. The van der Waals surface area contributed by atoms with Gasteiger partial charge in [-0.3, -0.25) is 0 Å². The number of benzene rings is 2. The lowest BCUT2D eigenvalue weighted by Gasteiger charge is -2.18. The highest BCUT2D eigenvalue weighted by molar-refractivity contribution is 14.1. The Morgan fingerprint density at radius 3 is 2.24 bits per heavy atom. The van der Waals surface area contributed by atoms with Gasteiger partial charge >= 0.3 is 0 Å². The maximum Gasteiger partial charge on any atom is 0.161 e. The molecule has 1 unspecified atom stereocenters. The zero-order valence-corrected chi connectivity index (χ0v) is 14.1. The summed E-state index contributed by atoms with van der Waals surface area (Å²) in [6, 6.07) is 7.90. The summed E-state index contributed by atoms with van der Waals surface area (Å²) in [5, 5.41) is 10.6. The van der Waals surface area contributed by atoms with Crippen LogP contribution in [0.4, 0.5) is 4.39 Å². The molecule has 0 aromatic heterocycles. The molecule has 0 radical (unpaired) electrons. The molecule has 0 aliphatic rings. The van der Waals surface area contributed by atoms with Gasteiger partial charge in [0.25, 0.3) is 0 Å². The highest BCUT2D eigenvalue weighted by Crippen LogP contribution is 2.36. The maximum atomic E-state index is 13.2. The molecule has 3 nitrogen and oxygen atoms in total. The van der Waals surface area contributed by atoms with Gasteiger partial charge in [-0.2, -0.15) is 0 Å². The van der Waals surface area contributed by atoms with Crippen molar-refractivity contribution in [2.24, 2.45) is 0 Å². The molecule has 1 N–H and O–H groups in total. The predicted molar refractivity (Wildman–Crippen MR) is 87.5 cm³/mol. The highest BCUT2D eigenvalue weighted by Gasteiger charge is 2.19.